The van der Waals surface area contributed by atoms with Crippen molar-refractivity contribution in [3.05, 3.63) is 36.2 Å². The molecule has 0 aliphatic heterocycles. The summed E-state index contributed by atoms with van der Waals surface area (Å²) in [4.78, 5) is 18.7. The molecule has 0 bridgehead atoms. The van der Waals surface area contributed by atoms with Crippen molar-refractivity contribution in [2.75, 3.05) is 0 Å². The summed E-state index contributed by atoms with van der Waals surface area (Å²) in [7, 11) is 0. The first-order valence-corrected chi connectivity index (χ1v) is 4.18. The van der Waals surface area contributed by atoms with Crippen LogP contribution in [0.5, 0.6) is 0 Å². The number of pyridine rings is 2. The minimum absolute atomic E-state index is 0.0508. The number of carbonyl (C=O) groups is 1. The molecule has 0 amide bonds. The van der Waals surface area contributed by atoms with Crippen molar-refractivity contribution in [3.63, 3.8) is 0 Å². The van der Waals surface area contributed by atoms with Crippen LogP contribution in [-0.2, 0) is 11.2 Å². The summed E-state index contributed by atoms with van der Waals surface area (Å²) in [5, 5.41) is 8.58. The number of fused-ring (bicyclic) bond motifs is 1. The Morgan fingerprint density at radius 2 is 2.14 bits per heavy atom. The second kappa shape index (κ2) is 3.41. The van der Waals surface area contributed by atoms with E-state index >= 15 is 0 Å². The molecule has 0 aliphatic carbocycles. The van der Waals surface area contributed by atoms with Crippen LogP contribution in [0.2, 0.25) is 0 Å². The van der Waals surface area contributed by atoms with Crippen LogP contribution in [0.15, 0.2) is 30.5 Å². The van der Waals surface area contributed by atoms with Gasteiger partial charge in [0.2, 0.25) is 0 Å². The number of hydrogen-bond donors (Lipinski definition) is 1. The van der Waals surface area contributed by atoms with Crippen LogP contribution in [0.25, 0.3) is 11.0 Å². The molecule has 70 valence electrons. The van der Waals surface area contributed by atoms with Gasteiger partial charge in [-0.1, -0.05) is 0 Å². The van der Waals surface area contributed by atoms with E-state index in [4.69, 9.17) is 5.11 Å². The molecule has 4 heteroatoms. The predicted molar refractivity (Wildman–Crippen MR) is 50.9 cm³/mol. The Morgan fingerprint density at radius 3 is 2.93 bits per heavy atom. The number of nitrogens with zero attached hydrogens (tertiary/aromatic N) is 2. The first-order chi connectivity index (χ1) is 6.75. The lowest BCUT2D eigenvalue weighted by molar-refractivity contribution is -0.136. The van der Waals surface area contributed by atoms with E-state index in [1.807, 2.05) is 6.07 Å². The van der Waals surface area contributed by atoms with E-state index in [1.165, 1.54) is 0 Å². The molecule has 14 heavy (non-hydrogen) atoms. The van der Waals surface area contributed by atoms with Gasteiger partial charge in [0, 0.05) is 6.20 Å². The van der Waals surface area contributed by atoms with Gasteiger partial charge in [-0.25, -0.2) is 0 Å². The summed E-state index contributed by atoms with van der Waals surface area (Å²) in [5.74, 6) is -0.874. The van der Waals surface area contributed by atoms with Gasteiger partial charge in [-0.2, -0.15) is 0 Å². The Morgan fingerprint density at radius 1 is 1.29 bits per heavy atom. The Hall–Kier alpha value is -1.97. The summed E-state index contributed by atoms with van der Waals surface area (Å²) in [5.41, 5.74) is 2.06. The monoisotopic (exact) mass is 188 g/mol. The number of aromatic nitrogens is 2. The summed E-state index contributed by atoms with van der Waals surface area (Å²) in [6, 6.07) is 7.05. The van der Waals surface area contributed by atoms with E-state index in [2.05, 4.69) is 9.97 Å². The second-order valence-corrected chi connectivity index (χ2v) is 2.91. The fraction of sp³-hybridized carbons (Fsp3) is 0.100. The minimum Gasteiger partial charge on any atom is -0.481 e. The topological polar surface area (TPSA) is 63.1 Å². The Bertz CT molecular complexity index is 482. The van der Waals surface area contributed by atoms with Crippen LogP contribution < -0.4 is 0 Å². The first kappa shape index (κ1) is 8.62. The van der Waals surface area contributed by atoms with E-state index in [9.17, 15) is 4.79 Å². The van der Waals surface area contributed by atoms with Crippen molar-refractivity contribution >= 4 is 17.0 Å². The number of hydrogen-bond acceptors (Lipinski definition) is 3. The lowest BCUT2D eigenvalue weighted by Gasteiger charge is -1.98. The average Bonchev–Trinajstić information content (AvgIpc) is 2.17. The molecule has 0 radical (unpaired) electrons. The smallest absolute Gasteiger partial charge is 0.309 e. The molecule has 1 N–H and O–H groups in total. The van der Waals surface area contributed by atoms with Crippen molar-refractivity contribution in [2.45, 2.75) is 6.42 Å². The molecule has 0 spiro atoms. The van der Waals surface area contributed by atoms with Gasteiger partial charge in [0.25, 0.3) is 0 Å². The van der Waals surface area contributed by atoms with Gasteiger partial charge in [-0.05, 0) is 24.3 Å². The minimum atomic E-state index is -0.874. The molecular formula is C10H8N2O2. The van der Waals surface area contributed by atoms with Gasteiger partial charge < -0.3 is 5.11 Å². The SMILES string of the molecule is O=C(O)Cc1ccc2ncccc2n1. The third-order valence-corrected chi connectivity index (χ3v) is 1.85. The Balaban J connectivity index is 2.46. The number of aliphatic carboxylic acids is 1. The maximum atomic E-state index is 10.4. The van der Waals surface area contributed by atoms with Crippen LogP contribution in [0, 0.1) is 0 Å². The summed E-state index contributed by atoms with van der Waals surface area (Å²) >= 11 is 0. The Kier molecular flexibility index (Phi) is 2.10. The quantitative estimate of drug-likeness (QED) is 0.770. The predicted octanol–water partition coefficient (Wildman–Crippen LogP) is 1.26. The summed E-state index contributed by atoms with van der Waals surface area (Å²) < 4.78 is 0. The highest BCUT2D eigenvalue weighted by Crippen LogP contribution is 2.09. The fourth-order valence-electron chi connectivity index (χ4n) is 1.25. The van der Waals surface area contributed by atoms with Crippen molar-refractivity contribution in [2.24, 2.45) is 0 Å². The zero-order valence-electron chi connectivity index (χ0n) is 7.34. The first-order valence-electron chi connectivity index (χ1n) is 4.18. The molecule has 0 aromatic carbocycles. The molecule has 2 heterocycles. The van der Waals surface area contributed by atoms with Gasteiger partial charge in [0.05, 0.1) is 23.1 Å². The van der Waals surface area contributed by atoms with Gasteiger partial charge in [0.1, 0.15) is 0 Å². The van der Waals surface area contributed by atoms with Crippen LogP contribution >= 0.6 is 0 Å². The van der Waals surface area contributed by atoms with Crippen LogP contribution in [0.4, 0.5) is 0 Å². The summed E-state index contributed by atoms with van der Waals surface area (Å²) in [6.07, 6.45) is 1.63. The Labute approximate surface area is 80.2 Å². The number of carboxylic acid groups (broad SMARTS) is 1. The molecule has 2 aromatic heterocycles. The third-order valence-electron chi connectivity index (χ3n) is 1.85. The standard InChI is InChI=1S/C10H8N2O2/c13-10(14)6-7-3-4-8-9(12-7)2-1-5-11-8/h1-5H,6H2,(H,13,14). The highest BCUT2D eigenvalue weighted by molar-refractivity contribution is 5.75. The highest BCUT2D eigenvalue weighted by Gasteiger charge is 2.02. The van der Waals surface area contributed by atoms with Crippen molar-refractivity contribution < 1.29 is 9.90 Å². The molecule has 0 atom stereocenters. The van der Waals surface area contributed by atoms with Crippen molar-refractivity contribution in [3.8, 4) is 0 Å². The fourth-order valence-corrected chi connectivity index (χ4v) is 1.25. The summed E-state index contributed by atoms with van der Waals surface area (Å²) in [6.45, 7) is 0. The zero-order chi connectivity index (χ0) is 9.97. The van der Waals surface area contributed by atoms with Crippen LogP contribution in [0.1, 0.15) is 5.69 Å². The zero-order valence-corrected chi connectivity index (χ0v) is 7.34. The molecule has 0 unspecified atom stereocenters. The molecule has 0 saturated carbocycles. The number of rotatable bonds is 2. The lowest BCUT2D eigenvalue weighted by atomic mass is 10.2. The van der Waals surface area contributed by atoms with E-state index < -0.39 is 5.97 Å². The molecule has 0 aliphatic rings. The maximum absolute atomic E-state index is 10.4. The third kappa shape index (κ3) is 1.69. The van der Waals surface area contributed by atoms with E-state index in [0.717, 1.165) is 11.0 Å². The average molecular weight is 188 g/mol. The molecule has 2 rings (SSSR count). The molecule has 0 fully saturated rings. The molecular weight excluding hydrogens is 180 g/mol. The van der Waals surface area contributed by atoms with Gasteiger partial charge in [-0.3, -0.25) is 14.8 Å². The van der Waals surface area contributed by atoms with E-state index in [-0.39, 0.29) is 6.42 Å². The van der Waals surface area contributed by atoms with Gasteiger partial charge in [-0.15, -0.1) is 0 Å². The van der Waals surface area contributed by atoms with Crippen LogP contribution in [0.3, 0.4) is 0 Å². The maximum Gasteiger partial charge on any atom is 0.309 e. The van der Waals surface area contributed by atoms with E-state index in [0.29, 0.717) is 5.69 Å². The van der Waals surface area contributed by atoms with E-state index in [1.54, 1.807) is 24.4 Å². The number of carboxylic acids is 1. The largest absolute Gasteiger partial charge is 0.481 e. The second-order valence-electron chi connectivity index (χ2n) is 2.91. The normalized spacial score (nSPS) is 10.3. The van der Waals surface area contributed by atoms with Gasteiger partial charge >= 0.3 is 5.97 Å². The highest BCUT2D eigenvalue weighted by atomic mass is 16.4. The van der Waals surface area contributed by atoms with Crippen LogP contribution in [-0.4, -0.2) is 21.0 Å². The van der Waals surface area contributed by atoms with Crippen molar-refractivity contribution in [1.82, 2.24) is 9.97 Å². The molecule has 0 saturated heterocycles. The molecule has 2 aromatic rings. The molecule has 4 nitrogen and oxygen atoms in total. The van der Waals surface area contributed by atoms with Gasteiger partial charge in [0.15, 0.2) is 0 Å². The lowest BCUT2D eigenvalue weighted by Crippen LogP contribution is -2.02. The van der Waals surface area contributed by atoms with Crippen molar-refractivity contribution in [1.29, 1.82) is 0 Å².